The van der Waals surface area contributed by atoms with Crippen LogP contribution >= 0.6 is 0 Å². The lowest BCUT2D eigenvalue weighted by Crippen LogP contribution is -2.35. The number of aryl methyl sites for hydroxylation is 3. The van der Waals surface area contributed by atoms with Crippen LogP contribution in [0.5, 0.6) is 0 Å². The normalized spacial score (nSPS) is 15.4. The molecule has 1 nitrogen and oxygen atoms in total. The molecule has 0 unspecified atom stereocenters. The van der Waals surface area contributed by atoms with E-state index in [0.29, 0.717) is 0 Å². The van der Waals surface area contributed by atoms with Crippen molar-refractivity contribution in [3.8, 4) is 11.3 Å². The zero-order valence-corrected chi connectivity index (χ0v) is 17.5. The molecule has 27 heavy (non-hydrogen) atoms. The zero-order valence-electron chi connectivity index (χ0n) is 17.5. The van der Waals surface area contributed by atoms with Crippen LogP contribution in [0.2, 0.25) is 0 Å². The van der Waals surface area contributed by atoms with E-state index >= 15 is 0 Å². The van der Waals surface area contributed by atoms with Gasteiger partial charge in [-0.15, -0.1) is 0 Å². The number of hydrogen-bond acceptors (Lipinski definition) is 0. The molecule has 0 radical (unpaired) electrons. The van der Waals surface area contributed by atoms with Crippen molar-refractivity contribution < 1.29 is 4.57 Å². The molecule has 140 valence electrons. The first-order valence-electron chi connectivity index (χ1n) is 10.5. The lowest BCUT2D eigenvalue weighted by atomic mass is 9.81. The van der Waals surface area contributed by atoms with E-state index in [1.807, 2.05) is 0 Å². The number of benzene rings is 2. The Bertz CT molecular complexity index is 1010. The van der Waals surface area contributed by atoms with Gasteiger partial charge < -0.3 is 0 Å². The lowest BCUT2D eigenvalue weighted by Gasteiger charge is -2.24. The summed E-state index contributed by atoms with van der Waals surface area (Å²) >= 11 is 0. The maximum Gasteiger partial charge on any atom is 0.220 e. The summed E-state index contributed by atoms with van der Waals surface area (Å²) < 4.78 is 2.38. The van der Waals surface area contributed by atoms with Crippen LogP contribution in [-0.2, 0) is 7.05 Å². The Morgan fingerprint density at radius 1 is 0.852 bits per heavy atom. The molecule has 1 aliphatic rings. The molecule has 2 aromatic carbocycles. The van der Waals surface area contributed by atoms with Crippen molar-refractivity contribution in [1.29, 1.82) is 0 Å². The van der Waals surface area contributed by atoms with E-state index in [9.17, 15) is 0 Å². The number of rotatable bonds is 2. The summed E-state index contributed by atoms with van der Waals surface area (Å²) in [4.78, 5) is 0. The second-order valence-electron chi connectivity index (χ2n) is 8.63. The molecule has 1 aromatic heterocycles. The predicted molar refractivity (Wildman–Crippen MR) is 115 cm³/mol. The van der Waals surface area contributed by atoms with Gasteiger partial charge in [0.2, 0.25) is 5.69 Å². The fourth-order valence-corrected chi connectivity index (χ4v) is 4.83. The highest BCUT2D eigenvalue weighted by atomic mass is 14.9. The molecule has 0 bridgehead atoms. The summed E-state index contributed by atoms with van der Waals surface area (Å²) in [6.07, 6.45) is 6.87. The Kier molecular flexibility index (Phi) is 4.80. The Morgan fingerprint density at radius 2 is 1.59 bits per heavy atom. The molecule has 0 amide bonds. The Labute approximate surface area is 164 Å². The second-order valence-corrected chi connectivity index (χ2v) is 8.63. The van der Waals surface area contributed by atoms with Gasteiger partial charge in [0.1, 0.15) is 7.05 Å². The molecule has 0 saturated heterocycles. The summed E-state index contributed by atoms with van der Waals surface area (Å²) in [6.45, 7) is 8.98. The van der Waals surface area contributed by atoms with Crippen molar-refractivity contribution >= 4 is 10.8 Å². The van der Waals surface area contributed by atoms with E-state index in [1.165, 1.54) is 76.5 Å². The summed E-state index contributed by atoms with van der Waals surface area (Å²) in [6, 6.07) is 14.2. The maximum atomic E-state index is 2.51. The highest BCUT2D eigenvalue weighted by Crippen LogP contribution is 2.37. The van der Waals surface area contributed by atoms with Crippen LogP contribution in [0.15, 0.2) is 36.4 Å². The fourth-order valence-electron chi connectivity index (χ4n) is 4.83. The van der Waals surface area contributed by atoms with E-state index in [0.717, 1.165) is 5.92 Å². The third-order valence-corrected chi connectivity index (χ3v) is 6.71. The molecule has 1 aliphatic carbocycles. The summed E-state index contributed by atoms with van der Waals surface area (Å²) in [7, 11) is 2.21. The third kappa shape index (κ3) is 3.29. The molecule has 3 aromatic rings. The smallest absolute Gasteiger partial charge is 0.198 e. The van der Waals surface area contributed by atoms with Crippen LogP contribution in [0.25, 0.3) is 22.0 Å². The predicted octanol–water partition coefficient (Wildman–Crippen LogP) is 6.61. The van der Waals surface area contributed by atoms with Crippen molar-refractivity contribution in [3.63, 3.8) is 0 Å². The van der Waals surface area contributed by atoms with Crippen LogP contribution in [0.1, 0.15) is 66.0 Å². The third-order valence-electron chi connectivity index (χ3n) is 6.71. The van der Waals surface area contributed by atoms with Gasteiger partial charge in [-0.1, -0.05) is 43.0 Å². The molecular weight excluding hydrogens is 326 g/mol. The molecule has 1 heteroatoms. The molecule has 0 atom stereocenters. The van der Waals surface area contributed by atoms with Crippen molar-refractivity contribution in [1.82, 2.24) is 0 Å². The van der Waals surface area contributed by atoms with Gasteiger partial charge in [-0.2, -0.15) is 4.57 Å². The topological polar surface area (TPSA) is 3.88 Å². The molecule has 1 saturated carbocycles. The maximum absolute atomic E-state index is 2.51. The molecule has 0 spiro atoms. The fraction of sp³-hybridized carbons (Fsp3) is 0.423. The van der Waals surface area contributed by atoms with E-state index in [4.69, 9.17) is 0 Å². The summed E-state index contributed by atoms with van der Waals surface area (Å²) in [5, 5.41) is 2.71. The van der Waals surface area contributed by atoms with Gasteiger partial charge in [0.05, 0.1) is 10.9 Å². The minimum absolute atomic E-state index is 0.737. The van der Waals surface area contributed by atoms with Gasteiger partial charge in [0, 0.05) is 13.0 Å². The number of fused-ring (bicyclic) bond motifs is 1. The molecule has 1 fully saturated rings. The van der Waals surface area contributed by atoms with E-state index in [-0.39, 0.29) is 0 Å². The Morgan fingerprint density at radius 3 is 2.33 bits per heavy atom. The van der Waals surface area contributed by atoms with E-state index in [1.54, 1.807) is 5.56 Å². The van der Waals surface area contributed by atoms with Crippen LogP contribution in [0, 0.1) is 27.7 Å². The number of pyridine rings is 1. The minimum atomic E-state index is 0.737. The summed E-state index contributed by atoms with van der Waals surface area (Å²) in [5.74, 6) is 0.737. The second kappa shape index (κ2) is 7.11. The van der Waals surface area contributed by atoms with Gasteiger partial charge in [0.25, 0.3) is 0 Å². The average molecular weight is 359 g/mol. The van der Waals surface area contributed by atoms with Crippen LogP contribution < -0.4 is 4.57 Å². The van der Waals surface area contributed by atoms with Crippen LogP contribution in [0.4, 0.5) is 0 Å². The lowest BCUT2D eigenvalue weighted by molar-refractivity contribution is -0.665. The molecule has 1 heterocycles. The van der Waals surface area contributed by atoms with Crippen molar-refractivity contribution in [3.05, 3.63) is 64.3 Å². The largest absolute Gasteiger partial charge is 0.220 e. The molecule has 0 aliphatic heterocycles. The first-order valence-corrected chi connectivity index (χ1v) is 10.5. The molecule has 0 N–H and O–H groups in total. The number of aromatic nitrogens is 1. The number of nitrogens with zero attached hydrogens (tertiary/aromatic N) is 1. The van der Waals surface area contributed by atoms with Crippen LogP contribution in [0.3, 0.4) is 0 Å². The SMILES string of the molecule is Cc1ccc2c(-c3cc(C4CCCCC4)cc(C)c3C)[n+](C)c(C)cc2c1. The van der Waals surface area contributed by atoms with Gasteiger partial charge in [-0.3, -0.25) is 0 Å². The summed E-state index contributed by atoms with van der Waals surface area (Å²) in [5.41, 5.74) is 9.80. The Balaban J connectivity index is 1.98. The molecular formula is C26H32N+. The highest BCUT2D eigenvalue weighted by molar-refractivity contribution is 5.94. The highest BCUT2D eigenvalue weighted by Gasteiger charge is 2.23. The minimum Gasteiger partial charge on any atom is -0.198 e. The van der Waals surface area contributed by atoms with Gasteiger partial charge in [0.15, 0.2) is 5.69 Å². The Hall–Kier alpha value is -2.15. The first kappa shape index (κ1) is 18.2. The van der Waals surface area contributed by atoms with Crippen LogP contribution in [-0.4, -0.2) is 0 Å². The monoisotopic (exact) mass is 358 g/mol. The van der Waals surface area contributed by atoms with Crippen molar-refractivity contribution in [2.45, 2.75) is 65.7 Å². The van der Waals surface area contributed by atoms with Gasteiger partial charge in [-0.05, 0) is 73.7 Å². The zero-order chi connectivity index (χ0) is 19.1. The first-order chi connectivity index (χ1) is 13.0. The van der Waals surface area contributed by atoms with Gasteiger partial charge >= 0.3 is 0 Å². The average Bonchev–Trinajstić information content (AvgIpc) is 2.66. The standard InChI is InChI=1S/C26H32N/c1-17-11-12-24-23(13-17)15-19(3)27(5)26(24)25-16-22(14-18(2)20(25)4)21-9-7-6-8-10-21/h11-16,21H,6-10H2,1-5H3/q+1. The number of hydrogen-bond donors (Lipinski definition) is 0. The van der Waals surface area contributed by atoms with Crippen molar-refractivity contribution in [2.75, 3.05) is 0 Å². The van der Waals surface area contributed by atoms with E-state index < -0.39 is 0 Å². The van der Waals surface area contributed by atoms with Gasteiger partial charge in [-0.25, -0.2) is 0 Å². The molecule has 4 rings (SSSR count). The quantitative estimate of drug-likeness (QED) is 0.454. The van der Waals surface area contributed by atoms with E-state index in [2.05, 4.69) is 75.7 Å². The van der Waals surface area contributed by atoms with Crippen molar-refractivity contribution in [2.24, 2.45) is 7.05 Å².